The van der Waals surface area contributed by atoms with E-state index in [0.717, 1.165) is 17.1 Å². The molecule has 1 aliphatic heterocycles. The van der Waals surface area contributed by atoms with Crippen molar-refractivity contribution in [2.45, 2.75) is 13.0 Å². The first kappa shape index (κ1) is 12.6. The Morgan fingerprint density at radius 1 is 1.15 bits per heavy atom. The fourth-order valence-electron chi connectivity index (χ4n) is 2.04. The van der Waals surface area contributed by atoms with E-state index in [4.69, 9.17) is 13.9 Å². The average molecular weight is 273 g/mol. The maximum Gasteiger partial charge on any atom is 0.224 e. The highest BCUT2D eigenvalue weighted by molar-refractivity contribution is 5.78. The first-order valence-electron chi connectivity index (χ1n) is 6.49. The van der Waals surface area contributed by atoms with E-state index in [9.17, 15) is 4.79 Å². The lowest BCUT2D eigenvalue weighted by Crippen LogP contribution is -2.24. The molecule has 104 valence electrons. The minimum atomic E-state index is -0.0573. The molecule has 0 saturated carbocycles. The van der Waals surface area contributed by atoms with Gasteiger partial charge < -0.3 is 19.2 Å². The van der Waals surface area contributed by atoms with E-state index < -0.39 is 0 Å². The Labute approximate surface area is 116 Å². The van der Waals surface area contributed by atoms with E-state index in [2.05, 4.69) is 5.32 Å². The van der Waals surface area contributed by atoms with Gasteiger partial charge in [-0.2, -0.15) is 0 Å². The predicted molar refractivity (Wildman–Crippen MR) is 71.7 cm³/mol. The highest BCUT2D eigenvalue weighted by atomic mass is 16.6. The van der Waals surface area contributed by atoms with Crippen LogP contribution in [0.5, 0.6) is 11.5 Å². The second-order valence-electron chi connectivity index (χ2n) is 4.51. The van der Waals surface area contributed by atoms with Crippen LogP contribution in [0.1, 0.15) is 11.3 Å². The number of benzene rings is 1. The standard InChI is InChI=1S/C15H15NO4/c17-15(16-10-12-2-1-5-18-12)9-11-3-4-13-14(8-11)20-7-6-19-13/h1-5,8H,6-7,9-10H2,(H,16,17). The molecule has 0 saturated heterocycles. The molecule has 0 atom stereocenters. The fourth-order valence-corrected chi connectivity index (χ4v) is 2.04. The van der Waals surface area contributed by atoms with Gasteiger partial charge in [-0.25, -0.2) is 0 Å². The summed E-state index contributed by atoms with van der Waals surface area (Å²) in [6.07, 6.45) is 1.89. The summed E-state index contributed by atoms with van der Waals surface area (Å²) in [5.41, 5.74) is 0.895. The molecular weight excluding hydrogens is 258 g/mol. The third-order valence-corrected chi connectivity index (χ3v) is 3.01. The third kappa shape index (κ3) is 2.93. The van der Waals surface area contributed by atoms with Crippen LogP contribution in [0.2, 0.25) is 0 Å². The first-order chi connectivity index (χ1) is 9.81. The number of rotatable bonds is 4. The number of furan rings is 1. The van der Waals surface area contributed by atoms with Gasteiger partial charge in [0.1, 0.15) is 19.0 Å². The lowest BCUT2D eigenvalue weighted by Gasteiger charge is -2.18. The molecule has 1 aromatic heterocycles. The van der Waals surface area contributed by atoms with Gasteiger partial charge in [0.25, 0.3) is 0 Å². The van der Waals surface area contributed by atoms with E-state index in [-0.39, 0.29) is 5.91 Å². The molecule has 1 aliphatic rings. The lowest BCUT2D eigenvalue weighted by atomic mass is 10.1. The van der Waals surface area contributed by atoms with Gasteiger partial charge in [-0.05, 0) is 29.8 Å². The number of carbonyl (C=O) groups is 1. The molecule has 0 aliphatic carbocycles. The molecule has 0 spiro atoms. The van der Waals surface area contributed by atoms with Crippen LogP contribution in [0, 0.1) is 0 Å². The minimum Gasteiger partial charge on any atom is -0.486 e. The molecule has 5 nitrogen and oxygen atoms in total. The van der Waals surface area contributed by atoms with Gasteiger partial charge in [0.05, 0.1) is 19.2 Å². The Hall–Kier alpha value is -2.43. The zero-order chi connectivity index (χ0) is 13.8. The number of hydrogen-bond donors (Lipinski definition) is 1. The lowest BCUT2D eigenvalue weighted by molar-refractivity contribution is -0.120. The second kappa shape index (κ2) is 5.69. The summed E-state index contributed by atoms with van der Waals surface area (Å²) in [5, 5.41) is 2.81. The van der Waals surface area contributed by atoms with Gasteiger partial charge in [-0.15, -0.1) is 0 Å². The van der Waals surface area contributed by atoms with Crippen LogP contribution in [0.25, 0.3) is 0 Å². The summed E-state index contributed by atoms with van der Waals surface area (Å²) in [4.78, 5) is 11.9. The SMILES string of the molecule is O=C(Cc1ccc2c(c1)OCCO2)NCc1ccco1. The molecule has 0 fully saturated rings. The fraction of sp³-hybridized carbons (Fsp3) is 0.267. The molecule has 2 aromatic rings. The largest absolute Gasteiger partial charge is 0.486 e. The number of carbonyl (C=O) groups excluding carboxylic acids is 1. The van der Waals surface area contributed by atoms with Gasteiger partial charge in [0, 0.05) is 0 Å². The van der Waals surface area contributed by atoms with Crippen molar-refractivity contribution < 1.29 is 18.7 Å². The number of fused-ring (bicyclic) bond motifs is 1. The molecule has 20 heavy (non-hydrogen) atoms. The molecule has 0 bridgehead atoms. The molecule has 1 aromatic carbocycles. The highest BCUT2D eigenvalue weighted by Gasteiger charge is 2.13. The van der Waals surface area contributed by atoms with E-state index >= 15 is 0 Å². The summed E-state index contributed by atoms with van der Waals surface area (Å²) < 4.78 is 16.1. The van der Waals surface area contributed by atoms with Crippen LogP contribution in [-0.2, 0) is 17.8 Å². The third-order valence-electron chi connectivity index (χ3n) is 3.01. The Bertz CT molecular complexity index is 592. The smallest absolute Gasteiger partial charge is 0.224 e. The van der Waals surface area contributed by atoms with Crippen LogP contribution < -0.4 is 14.8 Å². The van der Waals surface area contributed by atoms with Gasteiger partial charge in [-0.3, -0.25) is 4.79 Å². The van der Waals surface area contributed by atoms with Crippen molar-refractivity contribution in [3.8, 4) is 11.5 Å². The van der Waals surface area contributed by atoms with Crippen LogP contribution in [0.3, 0.4) is 0 Å². The highest BCUT2D eigenvalue weighted by Crippen LogP contribution is 2.30. The monoisotopic (exact) mass is 273 g/mol. The van der Waals surface area contributed by atoms with Gasteiger partial charge in [0.2, 0.25) is 5.91 Å². The van der Waals surface area contributed by atoms with E-state index in [1.807, 2.05) is 24.3 Å². The van der Waals surface area contributed by atoms with Crippen LogP contribution in [0.15, 0.2) is 41.0 Å². The molecule has 0 radical (unpaired) electrons. The maximum atomic E-state index is 11.9. The minimum absolute atomic E-state index is 0.0573. The quantitative estimate of drug-likeness (QED) is 0.924. The average Bonchev–Trinajstić information content (AvgIpc) is 2.98. The van der Waals surface area contributed by atoms with Crippen molar-refractivity contribution in [3.05, 3.63) is 47.9 Å². The molecule has 3 rings (SSSR count). The van der Waals surface area contributed by atoms with Crippen LogP contribution in [-0.4, -0.2) is 19.1 Å². The first-order valence-corrected chi connectivity index (χ1v) is 6.49. The van der Waals surface area contributed by atoms with Crippen molar-refractivity contribution in [2.24, 2.45) is 0 Å². The molecule has 2 heterocycles. The van der Waals surface area contributed by atoms with Gasteiger partial charge in [0.15, 0.2) is 11.5 Å². The second-order valence-corrected chi connectivity index (χ2v) is 4.51. The van der Waals surface area contributed by atoms with E-state index in [1.54, 1.807) is 12.3 Å². The number of ether oxygens (including phenoxy) is 2. The molecular formula is C15H15NO4. The van der Waals surface area contributed by atoms with Crippen molar-refractivity contribution in [1.82, 2.24) is 5.32 Å². The predicted octanol–water partition coefficient (Wildman–Crippen LogP) is 1.91. The zero-order valence-corrected chi connectivity index (χ0v) is 10.9. The Morgan fingerprint density at radius 3 is 2.80 bits per heavy atom. The summed E-state index contributed by atoms with van der Waals surface area (Å²) in [6.45, 7) is 1.51. The normalized spacial score (nSPS) is 13.0. The summed E-state index contributed by atoms with van der Waals surface area (Å²) >= 11 is 0. The van der Waals surface area contributed by atoms with Crippen molar-refractivity contribution in [3.63, 3.8) is 0 Å². The summed E-state index contributed by atoms with van der Waals surface area (Å²) in [6, 6.07) is 9.18. The maximum absolute atomic E-state index is 11.9. The van der Waals surface area contributed by atoms with E-state index in [0.29, 0.717) is 31.9 Å². The van der Waals surface area contributed by atoms with Crippen molar-refractivity contribution in [1.29, 1.82) is 0 Å². The van der Waals surface area contributed by atoms with Crippen LogP contribution in [0.4, 0.5) is 0 Å². The van der Waals surface area contributed by atoms with Crippen molar-refractivity contribution >= 4 is 5.91 Å². The molecule has 0 unspecified atom stereocenters. The number of hydrogen-bond acceptors (Lipinski definition) is 4. The number of nitrogens with one attached hydrogen (secondary N) is 1. The topological polar surface area (TPSA) is 60.7 Å². The molecule has 1 N–H and O–H groups in total. The zero-order valence-electron chi connectivity index (χ0n) is 10.9. The number of amides is 1. The van der Waals surface area contributed by atoms with Crippen LogP contribution >= 0.6 is 0 Å². The van der Waals surface area contributed by atoms with Gasteiger partial charge in [-0.1, -0.05) is 6.07 Å². The Balaban J connectivity index is 1.58. The molecule has 1 amide bonds. The Kier molecular flexibility index (Phi) is 3.58. The summed E-state index contributed by atoms with van der Waals surface area (Å²) in [7, 11) is 0. The molecule has 5 heteroatoms. The Morgan fingerprint density at radius 2 is 2.00 bits per heavy atom. The van der Waals surface area contributed by atoms with E-state index in [1.165, 1.54) is 0 Å². The van der Waals surface area contributed by atoms with Crippen molar-refractivity contribution in [2.75, 3.05) is 13.2 Å². The summed E-state index contributed by atoms with van der Waals surface area (Å²) in [5.74, 6) is 2.11. The van der Waals surface area contributed by atoms with Gasteiger partial charge >= 0.3 is 0 Å².